The molecule has 2 atom stereocenters. The van der Waals surface area contributed by atoms with E-state index in [1.807, 2.05) is 6.07 Å². The molecule has 0 saturated heterocycles. The summed E-state index contributed by atoms with van der Waals surface area (Å²) >= 11 is 0. The van der Waals surface area contributed by atoms with Crippen molar-refractivity contribution in [2.24, 2.45) is 5.92 Å². The summed E-state index contributed by atoms with van der Waals surface area (Å²) in [6.45, 7) is 2.66. The van der Waals surface area contributed by atoms with Gasteiger partial charge in [-0.25, -0.2) is 0 Å². The summed E-state index contributed by atoms with van der Waals surface area (Å²) in [7, 11) is 1.68. The van der Waals surface area contributed by atoms with E-state index in [1.165, 1.54) is 19.3 Å². The molecule has 0 aliphatic heterocycles. The summed E-state index contributed by atoms with van der Waals surface area (Å²) < 4.78 is 5.95. The molecule has 1 saturated carbocycles. The highest BCUT2D eigenvalue weighted by Crippen LogP contribution is 2.29. The summed E-state index contributed by atoms with van der Waals surface area (Å²) in [6, 6.07) is 5.22. The second-order valence-corrected chi connectivity index (χ2v) is 5.47. The highest BCUT2D eigenvalue weighted by atomic mass is 16.6. The minimum absolute atomic E-state index is 0.102. The SMILES string of the molecule is CNc1ccc(COC2CCCCC2C)cc1[N+](=O)[O-]. The molecule has 0 radical (unpaired) electrons. The summed E-state index contributed by atoms with van der Waals surface area (Å²) in [5, 5.41) is 13.8. The van der Waals surface area contributed by atoms with Crippen LogP contribution in [0.4, 0.5) is 11.4 Å². The predicted octanol–water partition coefficient (Wildman–Crippen LogP) is 3.73. The van der Waals surface area contributed by atoms with Crippen LogP contribution in [0.15, 0.2) is 18.2 Å². The molecule has 1 fully saturated rings. The summed E-state index contributed by atoms with van der Waals surface area (Å²) in [5.41, 5.74) is 1.49. The minimum atomic E-state index is -0.363. The third kappa shape index (κ3) is 3.48. The van der Waals surface area contributed by atoms with E-state index in [0.29, 0.717) is 18.2 Å². The number of nitrogens with zero attached hydrogens (tertiary/aromatic N) is 1. The summed E-state index contributed by atoms with van der Waals surface area (Å²) in [6.07, 6.45) is 5.09. The van der Waals surface area contributed by atoms with E-state index in [1.54, 1.807) is 19.2 Å². The first-order chi connectivity index (χ1) is 9.61. The number of benzene rings is 1. The molecular weight excluding hydrogens is 256 g/mol. The first-order valence-electron chi connectivity index (χ1n) is 7.18. The lowest BCUT2D eigenvalue weighted by Gasteiger charge is -2.28. The second kappa shape index (κ2) is 6.70. The Balaban J connectivity index is 2.02. The maximum atomic E-state index is 11.0. The van der Waals surface area contributed by atoms with Gasteiger partial charge < -0.3 is 10.1 Å². The Morgan fingerprint density at radius 1 is 1.40 bits per heavy atom. The molecule has 2 unspecified atom stereocenters. The van der Waals surface area contributed by atoms with Gasteiger partial charge in [0.2, 0.25) is 0 Å². The number of nitrogens with one attached hydrogen (secondary N) is 1. The molecule has 110 valence electrons. The zero-order valence-corrected chi connectivity index (χ0v) is 12.1. The van der Waals surface area contributed by atoms with Gasteiger partial charge in [-0.2, -0.15) is 0 Å². The lowest BCUT2D eigenvalue weighted by Crippen LogP contribution is -2.25. The number of ether oxygens (including phenoxy) is 1. The Hall–Kier alpha value is -1.62. The van der Waals surface area contributed by atoms with Gasteiger partial charge in [-0.1, -0.05) is 25.8 Å². The molecule has 0 spiro atoms. The topological polar surface area (TPSA) is 64.4 Å². The normalized spacial score (nSPS) is 22.5. The zero-order chi connectivity index (χ0) is 14.5. The van der Waals surface area contributed by atoms with Crippen LogP contribution < -0.4 is 5.32 Å². The number of nitro groups is 1. The van der Waals surface area contributed by atoms with Crippen molar-refractivity contribution < 1.29 is 9.66 Å². The van der Waals surface area contributed by atoms with Crippen molar-refractivity contribution in [3.63, 3.8) is 0 Å². The lowest BCUT2D eigenvalue weighted by molar-refractivity contribution is -0.384. The smallest absolute Gasteiger partial charge is 0.292 e. The molecule has 2 rings (SSSR count). The quantitative estimate of drug-likeness (QED) is 0.658. The minimum Gasteiger partial charge on any atom is -0.383 e. The molecule has 1 aromatic rings. The van der Waals surface area contributed by atoms with E-state index >= 15 is 0 Å². The fourth-order valence-corrected chi connectivity index (χ4v) is 2.76. The average Bonchev–Trinajstić information content (AvgIpc) is 2.46. The van der Waals surface area contributed by atoms with Crippen molar-refractivity contribution in [1.82, 2.24) is 0 Å². The molecule has 0 amide bonds. The van der Waals surface area contributed by atoms with Crippen molar-refractivity contribution in [3.05, 3.63) is 33.9 Å². The number of hydrogen-bond donors (Lipinski definition) is 1. The Bertz CT molecular complexity index is 476. The molecule has 1 N–H and O–H groups in total. The second-order valence-electron chi connectivity index (χ2n) is 5.47. The Morgan fingerprint density at radius 3 is 2.80 bits per heavy atom. The highest BCUT2D eigenvalue weighted by molar-refractivity contribution is 5.62. The van der Waals surface area contributed by atoms with Gasteiger partial charge in [-0.05, 0) is 30.4 Å². The maximum Gasteiger partial charge on any atom is 0.292 e. The average molecular weight is 278 g/mol. The van der Waals surface area contributed by atoms with Gasteiger partial charge in [0.15, 0.2) is 0 Å². The molecule has 20 heavy (non-hydrogen) atoms. The molecule has 1 aliphatic rings. The van der Waals surface area contributed by atoms with Crippen molar-refractivity contribution in [3.8, 4) is 0 Å². The Morgan fingerprint density at radius 2 is 2.15 bits per heavy atom. The van der Waals surface area contributed by atoms with E-state index in [9.17, 15) is 10.1 Å². The van der Waals surface area contributed by atoms with Gasteiger partial charge in [0.25, 0.3) is 5.69 Å². The molecular formula is C15H22N2O3. The van der Waals surface area contributed by atoms with Gasteiger partial charge in [-0.3, -0.25) is 10.1 Å². The van der Waals surface area contributed by atoms with Crippen molar-refractivity contribution in [2.75, 3.05) is 12.4 Å². The first-order valence-corrected chi connectivity index (χ1v) is 7.18. The molecule has 5 nitrogen and oxygen atoms in total. The van der Waals surface area contributed by atoms with Crippen LogP contribution in [0.1, 0.15) is 38.2 Å². The van der Waals surface area contributed by atoms with Gasteiger partial charge in [-0.15, -0.1) is 0 Å². The van der Waals surface area contributed by atoms with Crippen molar-refractivity contribution in [2.45, 2.75) is 45.3 Å². The van der Waals surface area contributed by atoms with Crippen LogP contribution in [0.25, 0.3) is 0 Å². The summed E-state index contributed by atoms with van der Waals surface area (Å²) in [5.74, 6) is 0.579. The van der Waals surface area contributed by atoms with E-state index in [4.69, 9.17) is 4.74 Å². The predicted molar refractivity (Wildman–Crippen MR) is 78.9 cm³/mol. The molecule has 5 heteroatoms. The first kappa shape index (κ1) is 14.8. The highest BCUT2D eigenvalue weighted by Gasteiger charge is 2.22. The number of nitro benzene ring substituents is 1. The summed E-state index contributed by atoms with van der Waals surface area (Å²) in [4.78, 5) is 10.7. The van der Waals surface area contributed by atoms with E-state index in [0.717, 1.165) is 12.0 Å². The van der Waals surface area contributed by atoms with Crippen LogP contribution in [-0.2, 0) is 11.3 Å². The monoisotopic (exact) mass is 278 g/mol. The van der Waals surface area contributed by atoms with E-state index < -0.39 is 0 Å². The number of anilines is 1. The third-order valence-electron chi connectivity index (χ3n) is 4.03. The molecule has 1 aromatic carbocycles. The molecule has 1 aliphatic carbocycles. The fraction of sp³-hybridized carbons (Fsp3) is 0.600. The standard InChI is InChI=1S/C15H22N2O3/c1-11-5-3-4-6-15(11)20-10-12-7-8-13(16-2)14(9-12)17(18)19/h7-9,11,15-16H,3-6,10H2,1-2H3. The van der Waals surface area contributed by atoms with E-state index in [2.05, 4.69) is 12.2 Å². The van der Waals surface area contributed by atoms with Crippen LogP contribution in [0.5, 0.6) is 0 Å². The van der Waals surface area contributed by atoms with Crippen molar-refractivity contribution >= 4 is 11.4 Å². The number of hydrogen-bond acceptors (Lipinski definition) is 4. The number of rotatable bonds is 5. The largest absolute Gasteiger partial charge is 0.383 e. The van der Waals surface area contributed by atoms with Gasteiger partial charge in [0.1, 0.15) is 5.69 Å². The van der Waals surface area contributed by atoms with Crippen LogP contribution >= 0.6 is 0 Å². The Kier molecular flexibility index (Phi) is 4.95. The van der Waals surface area contributed by atoms with Gasteiger partial charge in [0, 0.05) is 13.1 Å². The zero-order valence-electron chi connectivity index (χ0n) is 12.1. The van der Waals surface area contributed by atoms with Gasteiger partial charge in [0.05, 0.1) is 17.6 Å². The van der Waals surface area contributed by atoms with Crippen LogP contribution in [-0.4, -0.2) is 18.1 Å². The third-order valence-corrected chi connectivity index (χ3v) is 4.03. The lowest BCUT2D eigenvalue weighted by atomic mass is 9.88. The van der Waals surface area contributed by atoms with Crippen LogP contribution in [0, 0.1) is 16.0 Å². The fourth-order valence-electron chi connectivity index (χ4n) is 2.76. The molecule has 0 aromatic heterocycles. The van der Waals surface area contributed by atoms with E-state index in [-0.39, 0.29) is 16.7 Å². The molecule has 0 heterocycles. The van der Waals surface area contributed by atoms with Gasteiger partial charge >= 0.3 is 0 Å². The molecule has 0 bridgehead atoms. The van der Waals surface area contributed by atoms with Crippen LogP contribution in [0.3, 0.4) is 0 Å². The Labute approximate surface area is 119 Å². The maximum absolute atomic E-state index is 11.0. The van der Waals surface area contributed by atoms with Crippen molar-refractivity contribution in [1.29, 1.82) is 0 Å². The van der Waals surface area contributed by atoms with Crippen LogP contribution in [0.2, 0.25) is 0 Å².